The summed E-state index contributed by atoms with van der Waals surface area (Å²) < 4.78 is 5.25. The largest absolute Gasteiger partial charge is 0.480 e. The van der Waals surface area contributed by atoms with Crippen LogP contribution in [0.25, 0.3) is 0 Å². The van der Waals surface area contributed by atoms with Crippen LogP contribution in [0.5, 0.6) is 0 Å². The summed E-state index contributed by atoms with van der Waals surface area (Å²) >= 11 is 1.42. The summed E-state index contributed by atoms with van der Waals surface area (Å²) in [5.74, 6) is -1.72. The van der Waals surface area contributed by atoms with Gasteiger partial charge < -0.3 is 20.5 Å². The SMILES string of the molecule is CC(C)(C)OC(=O)N[C@@H](Cc1ccccc1)C(=O)N[C@@H](Cc1cccs1)C(=O)O. The summed E-state index contributed by atoms with van der Waals surface area (Å²) in [6.07, 6.45) is -0.362. The lowest BCUT2D eigenvalue weighted by atomic mass is 10.0. The Morgan fingerprint density at radius 1 is 1.00 bits per heavy atom. The van der Waals surface area contributed by atoms with Crippen LogP contribution in [0.2, 0.25) is 0 Å². The summed E-state index contributed by atoms with van der Waals surface area (Å²) in [6, 6.07) is 10.7. The highest BCUT2D eigenvalue weighted by atomic mass is 32.1. The number of aliphatic carboxylic acids is 1. The zero-order valence-corrected chi connectivity index (χ0v) is 17.5. The Kier molecular flexibility index (Phi) is 7.78. The monoisotopic (exact) mass is 418 g/mol. The first-order chi connectivity index (χ1) is 13.6. The molecule has 2 rings (SSSR count). The lowest BCUT2D eigenvalue weighted by Crippen LogP contribution is -2.53. The normalized spacial score (nSPS) is 13.2. The van der Waals surface area contributed by atoms with Crippen LogP contribution in [0.3, 0.4) is 0 Å². The molecule has 0 bridgehead atoms. The van der Waals surface area contributed by atoms with Gasteiger partial charge in [0.25, 0.3) is 0 Å². The number of carbonyl (C=O) groups excluding carboxylic acids is 2. The van der Waals surface area contributed by atoms with Crippen molar-refractivity contribution >= 4 is 29.3 Å². The first kappa shape index (κ1) is 22.4. The van der Waals surface area contributed by atoms with E-state index in [1.165, 1.54) is 11.3 Å². The highest BCUT2D eigenvalue weighted by Gasteiger charge is 2.28. The van der Waals surface area contributed by atoms with Gasteiger partial charge in [0.05, 0.1) is 0 Å². The first-order valence-electron chi connectivity index (χ1n) is 9.23. The van der Waals surface area contributed by atoms with Crippen molar-refractivity contribution < 1.29 is 24.2 Å². The van der Waals surface area contributed by atoms with Crippen molar-refractivity contribution in [1.82, 2.24) is 10.6 Å². The molecule has 1 aromatic heterocycles. The molecule has 0 spiro atoms. The van der Waals surface area contributed by atoms with E-state index in [2.05, 4.69) is 10.6 Å². The molecule has 1 heterocycles. The minimum absolute atomic E-state index is 0.170. The highest BCUT2D eigenvalue weighted by molar-refractivity contribution is 7.09. The third kappa shape index (κ3) is 7.95. The number of hydrogen-bond acceptors (Lipinski definition) is 5. The Morgan fingerprint density at radius 2 is 1.69 bits per heavy atom. The Morgan fingerprint density at radius 3 is 2.24 bits per heavy atom. The minimum atomic E-state index is -1.14. The van der Waals surface area contributed by atoms with Crippen molar-refractivity contribution in [2.75, 3.05) is 0 Å². The lowest BCUT2D eigenvalue weighted by Gasteiger charge is -2.24. The molecule has 7 nitrogen and oxygen atoms in total. The maximum atomic E-state index is 12.9. The van der Waals surface area contributed by atoms with Gasteiger partial charge in [-0.15, -0.1) is 11.3 Å². The maximum absolute atomic E-state index is 12.9. The second kappa shape index (κ2) is 10.1. The summed E-state index contributed by atoms with van der Waals surface area (Å²) in [6.45, 7) is 5.17. The number of benzene rings is 1. The molecule has 0 saturated heterocycles. The number of carboxylic acid groups (broad SMARTS) is 1. The van der Waals surface area contributed by atoms with Gasteiger partial charge in [-0.2, -0.15) is 0 Å². The number of alkyl carbamates (subject to hydrolysis) is 1. The number of rotatable bonds is 8. The van der Waals surface area contributed by atoms with Gasteiger partial charge in [-0.25, -0.2) is 9.59 Å². The fraction of sp³-hybridized carbons (Fsp3) is 0.381. The highest BCUT2D eigenvalue weighted by Crippen LogP contribution is 2.12. The zero-order valence-electron chi connectivity index (χ0n) is 16.7. The second-order valence-corrected chi connectivity index (χ2v) is 8.60. The van der Waals surface area contributed by atoms with Crippen LogP contribution in [0, 0.1) is 0 Å². The first-order valence-corrected chi connectivity index (χ1v) is 10.1. The molecule has 0 aliphatic carbocycles. The number of thiophene rings is 1. The quantitative estimate of drug-likeness (QED) is 0.611. The van der Waals surface area contributed by atoms with Crippen LogP contribution < -0.4 is 10.6 Å². The van der Waals surface area contributed by atoms with Crippen molar-refractivity contribution in [2.24, 2.45) is 0 Å². The van der Waals surface area contributed by atoms with Crippen LogP contribution >= 0.6 is 11.3 Å². The van der Waals surface area contributed by atoms with E-state index in [0.29, 0.717) is 0 Å². The number of nitrogens with one attached hydrogen (secondary N) is 2. The molecule has 0 fully saturated rings. The molecule has 29 heavy (non-hydrogen) atoms. The van der Waals surface area contributed by atoms with E-state index >= 15 is 0 Å². The van der Waals surface area contributed by atoms with Gasteiger partial charge in [0, 0.05) is 17.7 Å². The van der Waals surface area contributed by atoms with Gasteiger partial charge in [-0.1, -0.05) is 36.4 Å². The molecule has 0 unspecified atom stereocenters. The van der Waals surface area contributed by atoms with Crippen molar-refractivity contribution in [3.8, 4) is 0 Å². The van der Waals surface area contributed by atoms with Gasteiger partial charge in [0.15, 0.2) is 0 Å². The fourth-order valence-corrected chi connectivity index (χ4v) is 3.36. The van der Waals surface area contributed by atoms with Gasteiger partial charge in [-0.05, 0) is 37.8 Å². The van der Waals surface area contributed by atoms with Gasteiger partial charge in [0.1, 0.15) is 17.7 Å². The lowest BCUT2D eigenvalue weighted by molar-refractivity contribution is -0.142. The third-order valence-corrected chi connectivity index (χ3v) is 4.79. The molecule has 2 aromatic rings. The Balaban J connectivity index is 2.13. The summed E-state index contributed by atoms with van der Waals surface area (Å²) in [7, 11) is 0. The standard InChI is InChI=1S/C21H26N2O5S/c1-21(2,3)28-20(27)23-16(12-14-8-5-4-6-9-14)18(24)22-17(19(25)26)13-15-10-7-11-29-15/h4-11,16-17H,12-13H2,1-3H3,(H,22,24)(H,23,27)(H,25,26)/t16-,17-/m0/s1. The van der Waals surface area contributed by atoms with E-state index in [9.17, 15) is 19.5 Å². The smallest absolute Gasteiger partial charge is 0.408 e. The predicted octanol–water partition coefficient (Wildman–Crippen LogP) is 3.00. The predicted molar refractivity (Wildman–Crippen MR) is 111 cm³/mol. The Labute approximate surface area is 174 Å². The molecule has 0 aliphatic rings. The van der Waals surface area contributed by atoms with Crippen molar-refractivity contribution in [3.05, 3.63) is 58.3 Å². The number of ether oxygens (including phenoxy) is 1. The van der Waals surface area contributed by atoms with Crippen LogP contribution in [0.4, 0.5) is 4.79 Å². The van der Waals surface area contributed by atoms with Crippen LogP contribution in [-0.2, 0) is 27.2 Å². The Hall–Kier alpha value is -2.87. The van der Waals surface area contributed by atoms with Crippen LogP contribution in [0.1, 0.15) is 31.2 Å². The average molecular weight is 419 g/mol. The van der Waals surface area contributed by atoms with E-state index in [4.69, 9.17) is 4.74 Å². The number of carboxylic acids is 1. The minimum Gasteiger partial charge on any atom is -0.480 e. The molecule has 0 radical (unpaired) electrons. The van der Waals surface area contributed by atoms with Gasteiger partial charge in [0.2, 0.25) is 5.91 Å². The zero-order chi connectivity index (χ0) is 21.4. The van der Waals surface area contributed by atoms with Crippen molar-refractivity contribution in [1.29, 1.82) is 0 Å². The maximum Gasteiger partial charge on any atom is 0.408 e. The molecule has 156 valence electrons. The molecule has 2 atom stereocenters. The van der Waals surface area contributed by atoms with Crippen molar-refractivity contribution in [2.45, 2.75) is 51.3 Å². The van der Waals surface area contributed by atoms with E-state index < -0.39 is 35.7 Å². The van der Waals surface area contributed by atoms with Crippen molar-refractivity contribution in [3.63, 3.8) is 0 Å². The topological polar surface area (TPSA) is 105 Å². The fourth-order valence-electron chi connectivity index (χ4n) is 2.61. The van der Waals surface area contributed by atoms with Gasteiger partial charge >= 0.3 is 12.1 Å². The van der Waals surface area contributed by atoms with E-state index in [1.54, 1.807) is 20.8 Å². The summed E-state index contributed by atoms with van der Waals surface area (Å²) in [5, 5.41) is 16.5. The number of amides is 2. The molecule has 0 saturated carbocycles. The molecule has 3 N–H and O–H groups in total. The Bertz CT molecular complexity index is 815. The summed E-state index contributed by atoms with van der Waals surface area (Å²) in [5.41, 5.74) is 0.106. The van der Waals surface area contributed by atoms with Crippen LogP contribution in [-0.4, -0.2) is 40.8 Å². The van der Waals surface area contributed by atoms with Gasteiger partial charge in [-0.3, -0.25) is 4.79 Å². The molecule has 8 heteroatoms. The molecule has 1 aromatic carbocycles. The van der Waals surface area contributed by atoms with E-state index in [-0.39, 0.29) is 12.8 Å². The molecular formula is C21H26N2O5S. The van der Waals surface area contributed by atoms with Crippen LogP contribution in [0.15, 0.2) is 47.8 Å². The third-order valence-electron chi connectivity index (χ3n) is 3.89. The van der Waals surface area contributed by atoms with E-state index in [1.807, 2.05) is 47.8 Å². The molecule has 2 amide bonds. The summed E-state index contributed by atoms with van der Waals surface area (Å²) in [4.78, 5) is 37.5. The second-order valence-electron chi connectivity index (χ2n) is 7.57. The average Bonchev–Trinajstić information content (AvgIpc) is 3.13. The molecule has 0 aliphatic heterocycles. The number of hydrogen-bond donors (Lipinski definition) is 3. The van der Waals surface area contributed by atoms with E-state index in [0.717, 1.165) is 10.4 Å². The molecular weight excluding hydrogens is 392 g/mol. The number of carbonyl (C=O) groups is 3.